The molecule has 0 radical (unpaired) electrons. The van der Waals surface area contributed by atoms with E-state index in [2.05, 4.69) is 9.62 Å². The number of anilines is 1. The number of sulfonamides is 1. The van der Waals surface area contributed by atoms with Crippen LogP contribution >= 0.6 is 11.6 Å². The van der Waals surface area contributed by atoms with Crippen molar-refractivity contribution in [3.63, 3.8) is 0 Å². The van der Waals surface area contributed by atoms with Gasteiger partial charge in [0.25, 0.3) is 0 Å². The highest BCUT2D eigenvalue weighted by atomic mass is 35.5. The Kier molecular flexibility index (Phi) is 8.18. The molecule has 0 saturated carbocycles. The van der Waals surface area contributed by atoms with Gasteiger partial charge >= 0.3 is 0 Å². The molecule has 4 rings (SSSR count). The minimum atomic E-state index is -4.03. The lowest BCUT2D eigenvalue weighted by atomic mass is 10.1. The second kappa shape index (κ2) is 11.3. The topological polar surface area (TPSA) is 78.9 Å². The normalized spacial score (nSPS) is 15.0. The predicted molar refractivity (Wildman–Crippen MR) is 142 cm³/mol. The minimum absolute atomic E-state index is 0.0154. The largest absolute Gasteiger partial charge is 0.495 e. The van der Waals surface area contributed by atoms with Crippen LogP contribution in [0.1, 0.15) is 11.1 Å². The summed E-state index contributed by atoms with van der Waals surface area (Å²) in [4.78, 5) is 17.6. The molecule has 190 valence electrons. The number of methoxy groups -OCH3 is 1. The third kappa shape index (κ3) is 6.19. The lowest BCUT2D eigenvalue weighted by Crippen LogP contribution is -2.55. The number of hydrogen-bond acceptors (Lipinski definition) is 5. The smallest absolute Gasteiger partial charge is 0.244 e. The third-order valence-electron chi connectivity index (χ3n) is 6.25. The fourth-order valence-electron chi connectivity index (χ4n) is 4.35. The van der Waals surface area contributed by atoms with E-state index >= 15 is 0 Å². The van der Waals surface area contributed by atoms with E-state index in [1.54, 1.807) is 23.1 Å². The van der Waals surface area contributed by atoms with E-state index in [1.807, 2.05) is 61.5 Å². The lowest BCUT2D eigenvalue weighted by Gasteiger charge is -2.37. The van der Waals surface area contributed by atoms with Crippen molar-refractivity contribution < 1.29 is 17.9 Å². The van der Waals surface area contributed by atoms with E-state index in [-0.39, 0.29) is 23.0 Å². The number of amides is 1. The molecule has 1 amide bonds. The number of piperazine rings is 1. The number of carbonyl (C=O) groups is 1. The van der Waals surface area contributed by atoms with Crippen LogP contribution in [0, 0.1) is 6.92 Å². The zero-order chi connectivity index (χ0) is 25.7. The van der Waals surface area contributed by atoms with Gasteiger partial charge in [0.05, 0.1) is 7.11 Å². The zero-order valence-electron chi connectivity index (χ0n) is 20.4. The van der Waals surface area contributed by atoms with Crippen LogP contribution in [-0.4, -0.2) is 58.6 Å². The van der Waals surface area contributed by atoms with Gasteiger partial charge in [0.2, 0.25) is 15.9 Å². The van der Waals surface area contributed by atoms with E-state index in [4.69, 9.17) is 16.3 Å². The number of nitrogens with zero attached hydrogens (tertiary/aromatic N) is 2. The quantitative estimate of drug-likeness (QED) is 0.481. The lowest BCUT2D eigenvalue weighted by molar-refractivity contribution is -0.133. The Hall–Kier alpha value is -3.07. The van der Waals surface area contributed by atoms with Gasteiger partial charge in [0.1, 0.15) is 16.7 Å². The third-order valence-corrected chi connectivity index (χ3v) is 7.98. The van der Waals surface area contributed by atoms with Crippen molar-refractivity contribution in [3.05, 3.63) is 88.9 Å². The predicted octanol–water partition coefficient (Wildman–Crippen LogP) is 3.90. The molecular weight excluding hydrogens is 498 g/mol. The molecule has 1 heterocycles. The number of carbonyl (C=O) groups excluding carboxylic acids is 1. The molecule has 1 aliphatic heterocycles. The van der Waals surface area contributed by atoms with Crippen LogP contribution in [0.4, 0.5) is 5.69 Å². The van der Waals surface area contributed by atoms with Crippen LogP contribution < -0.4 is 14.4 Å². The molecule has 36 heavy (non-hydrogen) atoms. The average molecular weight is 528 g/mol. The van der Waals surface area contributed by atoms with Crippen LogP contribution in [0.15, 0.2) is 77.7 Å². The first-order chi connectivity index (χ1) is 17.3. The summed E-state index contributed by atoms with van der Waals surface area (Å²) >= 11 is 6.14. The molecule has 0 aliphatic carbocycles. The summed E-state index contributed by atoms with van der Waals surface area (Å²) in [5, 5.41) is 0.662. The molecule has 1 atom stereocenters. The van der Waals surface area contributed by atoms with Crippen molar-refractivity contribution in [2.75, 3.05) is 38.2 Å². The number of aryl methyl sites for hydroxylation is 1. The van der Waals surface area contributed by atoms with Crippen LogP contribution in [0.25, 0.3) is 0 Å². The van der Waals surface area contributed by atoms with Crippen molar-refractivity contribution in [1.29, 1.82) is 0 Å². The molecule has 0 unspecified atom stereocenters. The van der Waals surface area contributed by atoms with Crippen LogP contribution in [-0.2, 0) is 21.2 Å². The number of hydrogen-bond donors (Lipinski definition) is 1. The Balaban J connectivity index is 1.55. The fourth-order valence-corrected chi connectivity index (χ4v) is 5.98. The van der Waals surface area contributed by atoms with Crippen molar-refractivity contribution in [3.8, 4) is 5.75 Å². The number of ether oxygens (including phenoxy) is 1. The maximum absolute atomic E-state index is 13.7. The molecule has 0 spiro atoms. The van der Waals surface area contributed by atoms with Gasteiger partial charge in [-0.15, -0.1) is 0 Å². The summed E-state index contributed by atoms with van der Waals surface area (Å²) in [6.45, 7) is 4.02. The summed E-state index contributed by atoms with van der Waals surface area (Å²) < 4.78 is 34.9. The number of halogens is 1. The zero-order valence-corrected chi connectivity index (χ0v) is 21.9. The van der Waals surface area contributed by atoms with Gasteiger partial charge in [0, 0.05) is 36.9 Å². The van der Waals surface area contributed by atoms with Gasteiger partial charge in [-0.2, -0.15) is 4.72 Å². The molecule has 1 aliphatic rings. The fraction of sp³-hybridized carbons (Fsp3) is 0.296. The maximum atomic E-state index is 13.7. The Morgan fingerprint density at radius 2 is 1.72 bits per heavy atom. The van der Waals surface area contributed by atoms with E-state index in [9.17, 15) is 13.2 Å². The highest BCUT2D eigenvalue weighted by molar-refractivity contribution is 7.89. The van der Waals surface area contributed by atoms with Crippen molar-refractivity contribution >= 4 is 33.2 Å². The first kappa shape index (κ1) is 26.0. The Morgan fingerprint density at radius 1 is 1.00 bits per heavy atom. The second-order valence-electron chi connectivity index (χ2n) is 8.81. The Morgan fingerprint density at radius 3 is 2.39 bits per heavy atom. The Bertz CT molecular complexity index is 1310. The molecule has 3 aromatic rings. The van der Waals surface area contributed by atoms with Gasteiger partial charge < -0.3 is 14.5 Å². The Labute approximate surface area is 217 Å². The minimum Gasteiger partial charge on any atom is -0.495 e. The molecule has 1 saturated heterocycles. The van der Waals surface area contributed by atoms with Crippen molar-refractivity contribution in [2.24, 2.45) is 0 Å². The first-order valence-electron chi connectivity index (χ1n) is 11.8. The van der Waals surface area contributed by atoms with Gasteiger partial charge in [0.15, 0.2) is 0 Å². The highest BCUT2D eigenvalue weighted by Gasteiger charge is 2.32. The molecule has 9 heteroatoms. The average Bonchev–Trinajstić information content (AvgIpc) is 2.88. The van der Waals surface area contributed by atoms with Crippen molar-refractivity contribution in [1.82, 2.24) is 9.62 Å². The molecule has 1 N–H and O–H groups in total. The monoisotopic (exact) mass is 527 g/mol. The summed E-state index contributed by atoms with van der Waals surface area (Å²) in [6.07, 6.45) is 0.238. The van der Waals surface area contributed by atoms with E-state index in [0.29, 0.717) is 31.2 Å². The van der Waals surface area contributed by atoms with Crippen LogP contribution in [0.2, 0.25) is 5.02 Å². The maximum Gasteiger partial charge on any atom is 0.244 e. The molecule has 7 nitrogen and oxygen atoms in total. The van der Waals surface area contributed by atoms with Gasteiger partial charge in [-0.3, -0.25) is 4.79 Å². The summed E-state index contributed by atoms with van der Waals surface area (Å²) in [7, 11) is -2.61. The van der Waals surface area contributed by atoms with Crippen molar-refractivity contribution in [2.45, 2.75) is 24.3 Å². The van der Waals surface area contributed by atoms with Gasteiger partial charge in [-0.1, -0.05) is 54.1 Å². The summed E-state index contributed by atoms with van der Waals surface area (Å²) in [5.74, 6) is -0.0195. The second-order valence-corrected chi connectivity index (χ2v) is 10.9. The summed E-state index contributed by atoms with van der Waals surface area (Å²) in [6, 6.07) is 21.0. The number of nitrogens with one attached hydrogen (secondary N) is 1. The van der Waals surface area contributed by atoms with E-state index < -0.39 is 16.1 Å². The summed E-state index contributed by atoms with van der Waals surface area (Å²) in [5.41, 5.74) is 2.65. The van der Waals surface area contributed by atoms with Crippen LogP contribution in [0.3, 0.4) is 0 Å². The molecule has 3 aromatic carbocycles. The first-order valence-corrected chi connectivity index (χ1v) is 13.6. The van der Waals surface area contributed by atoms with Crippen LogP contribution in [0.5, 0.6) is 5.75 Å². The molecule has 0 bridgehead atoms. The number of benzene rings is 3. The van der Waals surface area contributed by atoms with E-state index in [0.717, 1.165) is 16.8 Å². The molecule has 0 aromatic heterocycles. The standard InChI is InChI=1S/C27H30ClN3O4S/c1-20-11-12-25(35-2)26(17-20)36(33,34)29-24(18-21-7-4-3-5-8-21)27(32)31-15-13-30(14-16-31)23-10-6-9-22(28)19-23/h3-12,17,19,24,29H,13-16,18H2,1-2H3/t24-/m1/s1. The van der Waals surface area contributed by atoms with Gasteiger partial charge in [-0.05, 0) is 54.8 Å². The number of rotatable bonds is 8. The highest BCUT2D eigenvalue weighted by Crippen LogP contribution is 2.26. The van der Waals surface area contributed by atoms with Gasteiger partial charge in [-0.25, -0.2) is 8.42 Å². The van der Waals surface area contributed by atoms with E-state index in [1.165, 1.54) is 7.11 Å². The SMILES string of the molecule is COc1ccc(C)cc1S(=O)(=O)N[C@H](Cc1ccccc1)C(=O)N1CCN(c2cccc(Cl)c2)CC1. The molecule has 1 fully saturated rings. The molecular formula is C27H30ClN3O4S.